The van der Waals surface area contributed by atoms with Gasteiger partial charge >= 0.3 is 0 Å². The quantitative estimate of drug-likeness (QED) is 0.824. The molecule has 2 rings (SSSR count). The van der Waals surface area contributed by atoms with Gasteiger partial charge in [0.25, 0.3) is 0 Å². The molecule has 0 bridgehead atoms. The number of nitrogens with zero attached hydrogens (tertiary/aromatic N) is 1. The Morgan fingerprint density at radius 1 is 1.17 bits per heavy atom. The molecule has 0 aliphatic heterocycles. The Bertz CT molecular complexity index is 617. The van der Waals surface area contributed by atoms with Gasteiger partial charge in [0.05, 0.1) is 0 Å². The smallest absolute Gasteiger partial charge is 0.148 e. The minimum Gasteiger partial charge on any atom is -0.456 e. The summed E-state index contributed by atoms with van der Waals surface area (Å²) < 4.78 is 32.3. The molecule has 2 aromatic carbocycles. The van der Waals surface area contributed by atoms with Crippen LogP contribution in [0, 0.1) is 23.0 Å². The number of halogens is 3. The van der Waals surface area contributed by atoms with Crippen LogP contribution in [0.2, 0.25) is 0 Å². The second-order valence-corrected chi connectivity index (χ2v) is 4.35. The first-order chi connectivity index (χ1) is 8.60. The van der Waals surface area contributed by atoms with Gasteiger partial charge in [-0.15, -0.1) is 0 Å². The fourth-order valence-corrected chi connectivity index (χ4v) is 1.86. The molecule has 0 saturated heterocycles. The zero-order valence-electron chi connectivity index (χ0n) is 8.95. The van der Waals surface area contributed by atoms with Crippen LogP contribution >= 0.6 is 15.9 Å². The molecule has 0 heterocycles. The third kappa shape index (κ3) is 2.66. The maximum Gasteiger partial charge on any atom is 0.148 e. The van der Waals surface area contributed by atoms with Crippen molar-refractivity contribution in [2.24, 2.45) is 0 Å². The molecular weight excluding hydrogens is 304 g/mol. The Kier molecular flexibility index (Phi) is 3.58. The maximum absolute atomic E-state index is 13.3. The second-order valence-electron chi connectivity index (χ2n) is 3.43. The molecule has 0 aliphatic carbocycles. The summed E-state index contributed by atoms with van der Waals surface area (Å²) in [5.41, 5.74) is -0.210. The van der Waals surface area contributed by atoms with Crippen molar-refractivity contribution in [1.29, 1.82) is 5.26 Å². The summed E-state index contributed by atoms with van der Waals surface area (Å²) >= 11 is 3.12. The molecule has 0 aromatic heterocycles. The average Bonchev–Trinajstić information content (AvgIpc) is 2.27. The van der Waals surface area contributed by atoms with E-state index in [-0.39, 0.29) is 17.1 Å². The number of hydrogen-bond acceptors (Lipinski definition) is 2. The van der Waals surface area contributed by atoms with Gasteiger partial charge < -0.3 is 4.74 Å². The van der Waals surface area contributed by atoms with Crippen LogP contribution in [0.25, 0.3) is 0 Å². The lowest BCUT2D eigenvalue weighted by molar-refractivity contribution is 0.469. The highest BCUT2D eigenvalue weighted by Crippen LogP contribution is 2.29. The normalized spacial score (nSPS) is 9.89. The molecule has 0 aliphatic rings. The highest BCUT2D eigenvalue weighted by atomic mass is 79.9. The van der Waals surface area contributed by atoms with E-state index in [1.165, 1.54) is 24.3 Å². The van der Waals surface area contributed by atoms with Gasteiger partial charge in [-0.05, 0) is 24.3 Å². The Balaban J connectivity index is 2.40. The van der Waals surface area contributed by atoms with E-state index in [4.69, 9.17) is 10.00 Å². The Morgan fingerprint density at radius 3 is 2.61 bits per heavy atom. The van der Waals surface area contributed by atoms with Crippen LogP contribution in [-0.4, -0.2) is 0 Å². The Hall–Kier alpha value is -1.93. The summed E-state index contributed by atoms with van der Waals surface area (Å²) in [7, 11) is 0. The monoisotopic (exact) mass is 309 g/mol. The topological polar surface area (TPSA) is 33.0 Å². The van der Waals surface area contributed by atoms with Crippen LogP contribution in [0.4, 0.5) is 8.78 Å². The molecule has 0 fully saturated rings. The van der Waals surface area contributed by atoms with E-state index in [2.05, 4.69) is 15.9 Å². The molecule has 5 heteroatoms. The summed E-state index contributed by atoms with van der Waals surface area (Å²) in [5.74, 6) is -0.932. The molecule has 0 N–H and O–H groups in total. The van der Waals surface area contributed by atoms with Crippen LogP contribution in [-0.2, 0) is 0 Å². The molecule has 90 valence electrons. The SMILES string of the molecule is N#Cc1c(F)cccc1Oc1cc(F)cc(Br)c1. The van der Waals surface area contributed by atoms with E-state index < -0.39 is 11.6 Å². The van der Waals surface area contributed by atoms with Crippen molar-refractivity contribution >= 4 is 15.9 Å². The maximum atomic E-state index is 13.3. The van der Waals surface area contributed by atoms with Gasteiger partial charge in [0.1, 0.15) is 34.8 Å². The van der Waals surface area contributed by atoms with E-state index in [9.17, 15) is 8.78 Å². The largest absolute Gasteiger partial charge is 0.456 e. The molecule has 0 amide bonds. The van der Waals surface area contributed by atoms with Gasteiger partial charge in [-0.25, -0.2) is 8.78 Å². The van der Waals surface area contributed by atoms with Crippen molar-refractivity contribution in [1.82, 2.24) is 0 Å². The standard InChI is InChI=1S/C13H6BrF2NO/c14-8-4-9(15)6-10(5-8)18-13-3-1-2-12(16)11(13)7-17/h1-6H. The van der Waals surface area contributed by atoms with Crippen molar-refractivity contribution in [3.63, 3.8) is 0 Å². The van der Waals surface area contributed by atoms with Gasteiger partial charge in [0, 0.05) is 10.5 Å². The number of hydrogen-bond donors (Lipinski definition) is 0. The summed E-state index contributed by atoms with van der Waals surface area (Å²) in [5, 5.41) is 8.83. The van der Waals surface area contributed by atoms with Crippen molar-refractivity contribution in [2.75, 3.05) is 0 Å². The highest BCUT2D eigenvalue weighted by molar-refractivity contribution is 9.10. The lowest BCUT2D eigenvalue weighted by atomic mass is 10.2. The zero-order chi connectivity index (χ0) is 13.1. The predicted molar refractivity (Wildman–Crippen MR) is 65.3 cm³/mol. The van der Waals surface area contributed by atoms with E-state index >= 15 is 0 Å². The molecule has 0 atom stereocenters. The number of rotatable bonds is 2. The van der Waals surface area contributed by atoms with Crippen LogP contribution in [0.3, 0.4) is 0 Å². The minimum absolute atomic E-state index is 0.0509. The highest BCUT2D eigenvalue weighted by Gasteiger charge is 2.10. The fraction of sp³-hybridized carbons (Fsp3) is 0. The summed E-state index contributed by atoms with van der Waals surface area (Å²) in [6.07, 6.45) is 0. The minimum atomic E-state index is -0.675. The molecule has 0 unspecified atom stereocenters. The van der Waals surface area contributed by atoms with Gasteiger partial charge in [-0.2, -0.15) is 5.26 Å². The first-order valence-corrected chi connectivity index (χ1v) is 5.72. The third-order valence-corrected chi connectivity index (χ3v) is 2.61. The molecule has 18 heavy (non-hydrogen) atoms. The zero-order valence-corrected chi connectivity index (χ0v) is 10.5. The van der Waals surface area contributed by atoms with Crippen molar-refractivity contribution in [2.45, 2.75) is 0 Å². The van der Waals surface area contributed by atoms with E-state index in [0.717, 1.165) is 12.1 Å². The van der Waals surface area contributed by atoms with Crippen LogP contribution < -0.4 is 4.74 Å². The molecular formula is C13H6BrF2NO. The number of nitriles is 1. The molecule has 2 aromatic rings. The summed E-state index contributed by atoms with van der Waals surface area (Å²) in [4.78, 5) is 0. The lowest BCUT2D eigenvalue weighted by Crippen LogP contribution is -1.92. The average molecular weight is 310 g/mol. The number of benzene rings is 2. The van der Waals surface area contributed by atoms with Crippen molar-refractivity contribution in [3.05, 3.63) is 58.1 Å². The third-order valence-electron chi connectivity index (χ3n) is 2.15. The van der Waals surface area contributed by atoms with E-state index in [1.54, 1.807) is 6.07 Å². The Morgan fingerprint density at radius 2 is 1.94 bits per heavy atom. The van der Waals surface area contributed by atoms with Crippen molar-refractivity contribution < 1.29 is 13.5 Å². The molecule has 0 radical (unpaired) electrons. The van der Waals surface area contributed by atoms with E-state index in [0.29, 0.717) is 4.47 Å². The molecule has 2 nitrogen and oxygen atoms in total. The number of ether oxygens (including phenoxy) is 1. The fourth-order valence-electron chi connectivity index (χ4n) is 1.41. The molecule has 0 spiro atoms. The Labute approximate surface area is 111 Å². The first-order valence-electron chi connectivity index (χ1n) is 4.92. The van der Waals surface area contributed by atoms with Crippen LogP contribution in [0.1, 0.15) is 5.56 Å². The van der Waals surface area contributed by atoms with Crippen LogP contribution in [0.15, 0.2) is 40.9 Å². The second kappa shape index (κ2) is 5.15. The van der Waals surface area contributed by atoms with Gasteiger partial charge in [-0.1, -0.05) is 22.0 Å². The van der Waals surface area contributed by atoms with Gasteiger partial charge in [0.2, 0.25) is 0 Å². The van der Waals surface area contributed by atoms with Gasteiger partial charge in [-0.3, -0.25) is 0 Å². The van der Waals surface area contributed by atoms with Gasteiger partial charge in [0.15, 0.2) is 0 Å². The molecule has 0 saturated carbocycles. The van der Waals surface area contributed by atoms with E-state index in [1.807, 2.05) is 0 Å². The summed E-state index contributed by atoms with van der Waals surface area (Å²) in [6, 6.07) is 9.67. The predicted octanol–water partition coefficient (Wildman–Crippen LogP) is 4.39. The first kappa shape index (κ1) is 12.5. The lowest BCUT2D eigenvalue weighted by Gasteiger charge is -2.08. The van der Waals surface area contributed by atoms with Crippen LogP contribution in [0.5, 0.6) is 11.5 Å². The summed E-state index contributed by atoms with van der Waals surface area (Å²) in [6.45, 7) is 0. The van der Waals surface area contributed by atoms with Crippen molar-refractivity contribution in [3.8, 4) is 17.6 Å².